The summed E-state index contributed by atoms with van der Waals surface area (Å²) in [6, 6.07) is 11.0. The summed E-state index contributed by atoms with van der Waals surface area (Å²) in [5.74, 6) is 0.423. The van der Waals surface area contributed by atoms with Crippen LogP contribution in [-0.4, -0.2) is 49.8 Å². The fourth-order valence-corrected chi connectivity index (χ4v) is 4.06. The predicted octanol–water partition coefficient (Wildman–Crippen LogP) is 3.35. The Bertz CT molecular complexity index is 774. The van der Waals surface area contributed by atoms with Gasteiger partial charge in [-0.3, -0.25) is 4.98 Å². The highest BCUT2D eigenvalue weighted by molar-refractivity contribution is 7.89. The summed E-state index contributed by atoms with van der Waals surface area (Å²) in [6.07, 6.45) is 4.43. The Hall–Kier alpha value is -1.76. The van der Waals surface area contributed by atoms with E-state index in [1.165, 1.54) is 9.87 Å². The Kier molecular flexibility index (Phi) is 7.32. The van der Waals surface area contributed by atoms with Crippen molar-refractivity contribution in [1.82, 2.24) is 14.2 Å². The molecule has 0 spiro atoms. The second-order valence-electron chi connectivity index (χ2n) is 6.88. The Balaban J connectivity index is 2.28. The Morgan fingerprint density at radius 2 is 1.77 bits per heavy atom. The molecule has 142 valence electrons. The molecule has 0 aliphatic carbocycles. The number of pyridine rings is 1. The Morgan fingerprint density at radius 1 is 1.08 bits per heavy atom. The van der Waals surface area contributed by atoms with E-state index in [9.17, 15) is 8.42 Å². The molecule has 2 rings (SSSR count). The number of sulfonamides is 1. The first-order chi connectivity index (χ1) is 12.3. The van der Waals surface area contributed by atoms with Gasteiger partial charge < -0.3 is 4.90 Å². The lowest BCUT2D eigenvalue weighted by atomic mass is 9.99. The van der Waals surface area contributed by atoms with Gasteiger partial charge in [0.1, 0.15) is 0 Å². The van der Waals surface area contributed by atoms with Crippen LogP contribution in [0.15, 0.2) is 53.7 Å². The summed E-state index contributed by atoms with van der Waals surface area (Å²) >= 11 is 0. The molecule has 0 bridgehead atoms. The number of benzene rings is 1. The SMILES string of the molecule is CCC(C)c1ccc(S(=O)(=O)N(CCN(C)C)Cc2cccnc2)cc1. The summed E-state index contributed by atoms with van der Waals surface area (Å²) in [7, 11) is 0.315. The zero-order chi connectivity index (χ0) is 19.2. The van der Waals surface area contributed by atoms with Crippen LogP contribution in [0.5, 0.6) is 0 Å². The number of hydrogen-bond donors (Lipinski definition) is 0. The van der Waals surface area contributed by atoms with Crippen molar-refractivity contribution < 1.29 is 8.42 Å². The molecule has 1 aromatic heterocycles. The highest BCUT2D eigenvalue weighted by Gasteiger charge is 2.25. The van der Waals surface area contributed by atoms with Crippen molar-refractivity contribution in [3.8, 4) is 0 Å². The first kappa shape index (κ1) is 20.6. The molecule has 6 heteroatoms. The average molecular weight is 376 g/mol. The van der Waals surface area contributed by atoms with Crippen molar-refractivity contribution in [2.24, 2.45) is 0 Å². The van der Waals surface area contributed by atoms with Gasteiger partial charge in [0.2, 0.25) is 10.0 Å². The fourth-order valence-electron chi connectivity index (χ4n) is 2.64. The Morgan fingerprint density at radius 3 is 2.31 bits per heavy atom. The number of nitrogens with zero attached hydrogens (tertiary/aromatic N) is 3. The van der Waals surface area contributed by atoms with Crippen LogP contribution in [0, 0.1) is 0 Å². The van der Waals surface area contributed by atoms with Crippen LogP contribution in [0.1, 0.15) is 37.3 Å². The monoisotopic (exact) mass is 375 g/mol. The van der Waals surface area contributed by atoms with E-state index in [4.69, 9.17) is 0 Å². The van der Waals surface area contributed by atoms with Gasteiger partial charge in [-0.25, -0.2) is 8.42 Å². The third-order valence-corrected chi connectivity index (χ3v) is 6.44. The number of likely N-dealkylation sites (N-methyl/N-ethyl adjacent to an activating group) is 1. The summed E-state index contributed by atoms with van der Waals surface area (Å²) in [5, 5.41) is 0. The number of rotatable bonds is 9. The van der Waals surface area contributed by atoms with E-state index in [1.54, 1.807) is 24.5 Å². The van der Waals surface area contributed by atoms with Gasteiger partial charge in [-0.1, -0.05) is 32.0 Å². The van der Waals surface area contributed by atoms with E-state index in [0.717, 1.165) is 12.0 Å². The second kappa shape index (κ2) is 9.26. The van der Waals surface area contributed by atoms with Gasteiger partial charge in [-0.2, -0.15) is 4.31 Å². The zero-order valence-electron chi connectivity index (χ0n) is 16.1. The maximum atomic E-state index is 13.2. The number of hydrogen-bond acceptors (Lipinski definition) is 4. The fraction of sp³-hybridized carbons (Fsp3) is 0.450. The van der Waals surface area contributed by atoms with E-state index in [-0.39, 0.29) is 0 Å². The van der Waals surface area contributed by atoms with Crippen molar-refractivity contribution in [3.63, 3.8) is 0 Å². The molecular weight excluding hydrogens is 346 g/mol. The lowest BCUT2D eigenvalue weighted by molar-refractivity contribution is 0.329. The minimum Gasteiger partial charge on any atom is -0.308 e. The van der Waals surface area contributed by atoms with E-state index in [2.05, 4.69) is 18.8 Å². The molecule has 1 unspecified atom stereocenters. The molecule has 0 radical (unpaired) electrons. The quantitative estimate of drug-likeness (QED) is 0.674. The second-order valence-corrected chi connectivity index (χ2v) is 8.82. The third-order valence-electron chi connectivity index (χ3n) is 4.58. The van der Waals surface area contributed by atoms with Crippen LogP contribution in [0.25, 0.3) is 0 Å². The van der Waals surface area contributed by atoms with E-state index in [1.807, 2.05) is 43.3 Å². The molecule has 0 aliphatic rings. The molecule has 0 fully saturated rings. The van der Waals surface area contributed by atoms with Gasteiger partial charge in [0.25, 0.3) is 0 Å². The van der Waals surface area contributed by atoms with Gasteiger partial charge in [-0.15, -0.1) is 0 Å². The average Bonchev–Trinajstić information content (AvgIpc) is 2.65. The van der Waals surface area contributed by atoms with Crippen molar-refractivity contribution >= 4 is 10.0 Å². The zero-order valence-corrected chi connectivity index (χ0v) is 16.9. The lowest BCUT2D eigenvalue weighted by Crippen LogP contribution is -2.36. The molecule has 5 nitrogen and oxygen atoms in total. The minimum atomic E-state index is -3.57. The van der Waals surface area contributed by atoms with Gasteiger partial charge in [0.15, 0.2) is 0 Å². The van der Waals surface area contributed by atoms with Gasteiger partial charge in [0, 0.05) is 32.0 Å². The molecule has 26 heavy (non-hydrogen) atoms. The van der Waals surface area contributed by atoms with Crippen LogP contribution in [0.2, 0.25) is 0 Å². The van der Waals surface area contributed by atoms with Crippen molar-refractivity contribution in [1.29, 1.82) is 0 Å². The highest BCUT2D eigenvalue weighted by Crippen LogP contribution is 2.23. The van der Waals surface area contributed by atoms with Crippen LogP contribution in [-0.2, 0) is 16.6 Å². The normalized spacial score (nSPS) is 13.3. The van der Waals surface area contributed by atoms with E-state index >= 15 is 0 Å². The van der Waals surface area contributed by atoms with Gasteiger partial charge in [0.05, 0.1) is 4.90 Å². The first-order valence-corrected chi connectivity index (χ1v) is 10.4. The van der Waals surface area contributed by atoms with Gasteiger partial charge >= 0.3 is 0 Å². The largest absolute Gasteiger partial charge is 0.308 e. The molecule has 0 N–H and O–H groups in total. The molecular formula is C20H29N3O2S. The van der Waals surface area contributed by atoms with Crippen LogP contribution in [0.3, 0.4) is 0 Å². The molecule has 0 saturated carbocycles. The molecule has 1 heterocycles. The maximum absolute atomic E-state index is 13.2. The number of aromatic nitrogens is 1. The lowest BCUT2D eigenvalue weighted by Gasteiger charge is -2.24. The van der Waals surface area contributed by atoms with E-state index in [0.29, 0.717) is 30.4 Å². The van der Waals surface area contributed by atoms with Crippen molar-refractivity contribution in [3.05, 3.63) is 59.9 Å². The molecule has 1 aromatic carbocycles. The van der Waals surface area contributed by atoms with Crippen LogP contribution < -0.4 is 0 Å². The van der Waals surface area contributed by atoms with Gasteiger partial charge in [-0.05, 0) is 55.8 Å². The molecule has 0 saturated heterocycles. The van der Waals surface area contributed by atoms with Crippen LogP contribution in [0.4, 0.5) is 0 Å². The summed E-state index contributed by atoms with van der Waals surface area (Å²) in [4.78, 5) is 6.42. The molecule has 1 atom stereocenters. The smallest absolute Gasteiger partial charge is 0.243 e. The molecule has 0 amide bonds. The van der Waals surface area contributed by atoms with E-state index < -0.39 is 10.0 Å². The molecule has 0 aliphatic heterocycles. The summed E-state index contributed by atoms with van der Waals surface area (Å²) < 4.78 is 27.9. The maximum Gasteiger partial charge on any atom is 0.243 e. The summed E-state index contributed by atoms with van der Waals surface area (Å²) in [6.45, 7) is 5.68. The highest BCUT2D eigenvalue weighted by atomic mass is 32.2. The summed E-state index contributed by atoms with van der Waals surface area (Å²) in [5.41, 5.74) is 2.05. The van der Waals surface area contributed by atoms with Crippen LogP contribution >= 0.6 is 0 Å². The van der Waals surface area contributed by atoms with Crippen molar-refractivity contribution in [2.45, 2.75) is 37.6 Å². The van der Waals surface area contributed by atoms with Crippen molar-refractivity contribution in [2.75, 3.05) is 27.2 Å². The minimum absolute atomic E-state index is 0.317. The first-order valence-electron chi connectivity index (χ1n) is 8.98. The standard InChI is InChI=1S/C20H29N3O2S/c1-5-17(2)19-8-10-20(11-9-19)26(24,25)23(14-13-22(3)4)16-18-7-6-12-21-15-18/h6-12,15,17H,5,13-14,16H2,1-4H3. The third kappa shape index (κ3) is 5.37. The predicted molar refractivity (Wildman–Crippen MR) is 106 cm³/mol. The topological polar surface area (TPSA) is 53.5 Å². The Labute approximate surface area is 157 Å². The molecule has 2 aromatic rings.